The summed E-state index contributed by atoms with van der Waals surface area (Å²) in [4.78, 5) is 16.5. The Morgan fingerprint density at radius 3 is 2.75 bits per heavy atom. The molecule has 0 spiro atoms. The largest absolute Gasteiger partial charge is 0.452 e. The minimum absolute atomic E-state index is 0.0884. The van der Waals surface area contributed by atoms with Gasteiger partial charge in [-0.05, 0) is 35.9 Å². The van der Waals surface area contributed by atoms with Crippen LogP contribution in [0.1, 0.15) is 21.8 Å². The van der Waals surface area contributed by atoms with E-state index < -0.39 is 5.97 Å². The smallest absolute Gasteiger partial charge is 0.338 e. The number of benzene rings is 2. The summed E-state index contributed by atoms with van der Waals surface area (Å²) >= 11 is 3.40. The van der Waals surface area contributed by atoms with Gasteiger partial charge in [-0.25, -0.2) is 4.79 Å². The van der Waals surface area contributed by atoms with Crippen LogP contribution in [0.15, 0.2) is 76.0 Å². The molecule has 0 N–H and O–H groups in total. The van der Waals surface area contributed by atoms with Gasteiger partial charge in [-0.3, -0.25) is 4.68 Å². The Balaban J connectivity index is 1.35. The van der Waals surface area contributed by atoms with E-state index in [1.807, 2.05) is 53.3 Å². The second-order valence-corrected chi connectivity index (χ2v) is 6.91. The van der Waals surface area contributed by atoms with Crippen LogP contribution in [0.5, 0.6) is 0 Å². The molecule has 140 valence electrons. The van der Waals surface area contributed by atoms with Gasteiger partial charge in [0.25, 0.3) is 5.89 Å². The molecule has 0 atom stereocenters. The predicted molar refractivity (Wildman–Crippen MR) is 104 cm³/mol. The van der Waals surface area contributed by atoms with Crippen molar-refractivity contribution in [1.29, 1.82) is 0 Å². The van der Waals surface area contributed by atoms with E-state index in [2.05, 4.69) is 31.2 Å². The van der Waals surface area contributed by atoms with E-state index in [4.69, 9.17) is 9.26 Å². The van der Waals surface area contributed by atoms with E-state index in [9.17, 15) is 4.79 Å². The molecule has 2 aromatic heterocycles. The van der Waals surface area contributed by atoms with Crippen molar-refractivity contribution < 1.29 is 14.1 Å². The fourth-order valence-electron chi connectivity index (χ4n) is 2.60. The molecule has 2 aromatic carbocycles. The fourth-order valence-corrected chi connectivity index (χ4v) is 3.00. The van der Waals surface area contributed by atoms with Crippen LogP contribution in [0.4, 0.5) is 0 Å². The molecule has 7 nitrogen and oxygen atoms in total. The quantitative estimate of drug-likeness (QED) is 0.421. The normalized spacial score (nSPS) is 10.8. The number of aromatic nitrogens is 4. The first-order chi connectivity index (χ1) is 13.7. The number of carbonyl (C=O) groups excluding carboxylic acids is 1. The highest BCUT2D eigenvalue weighted by atomic mass is 79.9. The highest BCUT2D eigenvalue weighted by Crippen LogP contribution is 2.20. The summed E-state index contributed by atoms with van der Waals surface area (Å²) in [6, 6.07) is 16.6. The molecule has 0 saturated heterocycles. The summed E-state index contributed by atoms with van der Waals surface area (Å²) in [6.45, 7) is 0.553. The van der Waals surface area contributed by atoms with E-state index in [-0.39, 0.29) is 12.5 Å². The standard InChI is InChI=1S/C20H15BrN4O3/c21-17-4-1-3-16(11-17)19-23-18(28-24-19)13-27-20(26)15-7-5-14(6-8-15)12-25-10-2-9-22-25/h1-11H,12-13H2. The van der Waals surface area contributed by atoms with Gasteiger partial charge in [0, 0.05) is 22.4 Å². The number of rotatable bonds is 6. The van der Waals surface area contributed by atoms with Gasteiger partial charge in [0.15, 0.2) is 6.61 Å². The molecule has 28 heavy (non-hydrogen) atoms. The summed E-state index contributed by atoms with van der Waals surface area (Å²) in [6.07, 6.45) is 3.61. The molecule has 4 aromatic rings. The van der Waals surface area contributed by atoms with Crippen molar-refractivity contribution in [1.82, 2.24) is 19.9 Å². The Hall–Kier alpha value is -3.26. The molecule has 0 bridgehead atoms. The highest BCUT2D eigenvalue weighted by molar-refractivity contribution is 9.10. The number of ether oxygens (including phenoxy) is 1. The molecule has 0 unspecified atom stereocenters. The molecule has 0 aliphatic heterocycles. The van der Waals surface area contributed by atoms with E-state index >= 15 is 0 Å². The topological polar surface area (TPSA) is 83.0 Å². The minimum Gasteiger partial charge on any atom is -0.452 e. The average Bonchev–Trinajstić information content (AvgIpc) is 3.39. The second-order valence-electron chi connectivity index (χ2n) is 6.00. The van der Waals surface area contributed by atoms with Crippen LogP contribution in [-0.4, -0.2) is 25.9 Å². The van der Waals surface area contributed by atoms with E-state index in [0.717, 1.165) is 15.6 Å². The molecule has 0 aliphatic rings. The molecule has 0 radical (unpaired) electrons. The van der Waals surface area contributed by atoms with Crippen molar-refractivity contribution in [3.8, 4) is 11.4 Å². The van der Waals surface area contributed by atoms with Gasteiger partial charge < -0.3 is 9.26 Å². The molecule has 0 saturated carbocycles. The van der Waals surface area contributed by atoms with E-state index in [1.165, 1.54) is 0 Å². The van der Waals surface area contributed by atoms with Crippen LogP contribution >= 0.6 is 15.9 Å². The van der Waals surface area contributed by atoms with Gasteiger partial charge in [-0.15, -0.1) is 0 Å². The van der Waals surface area contributed by atoms with Gasteiger partial charge in [0.1, 0.15) is 0 Å². The average molecular weight is 439 g/mol. The third-order valence-corrected chi connectivity index (χ3v) is 4.46. The summed E-state index contributed by atoms with van der Waals surface area (Å²) in [7, 11) is 0. The van der Waals surface area contributed by atoms with Crippen LogP contribution < -0.4 is 0 Å². The minimum atomic E-state index is -0.451. The lowest BCUT2D eigenvalue weighted by atomic mass is 10.1. The lowest BCUT2D eigenvalue weighted by molar-refractivity contribution is 0.0430. The number of halogens is 1. The maximum atomic E-state index is 12.2. The van der Waals surface area contributed by atoms with Gasteiger partial charge in [-0.2, -0.15) is 10.1 Å². The summed E-state index contributed by atoms with van der Waals surface area (Å²) < 4.78 is 13.2. The lowest BCUT2D eigenvalue weighted by Crippen LogP contribution is -2.06. The molecular weight excluding hydrogens is 424 g/mol. The highest BCUT2D eigenvalue weighted by Gasteiger charge is 2.13. The Bertz CT molecular complexity index is 1080. The van der Waals surface area contributed by atoms with Crippen molar-refractivity contribution in [3.05, 3.63) is 88.5 Å². The lowest BCUT2D eigenvalue weighted by Gasteiger charge is -2.04. The zero-order valence-electron chi connectivity index (χ0n) is 14.7. The molecule has 0 amide bonds. The van der Waals surface area contributed by atoms with Crippen LogP contribution in [0.3, 0.4) is 0 Å². The number of esters is 1. The number of hydrogen-bond donors (Lipinski definition) is 0. The third kappa shape index (κ3) is 4.34. The molecular formula is C20H15BrN4O3. The number of nitrogens with zero attached hydrogens (tertiary/aromatic N) is 4. The maximum Gasteiger partial charge on any atom is 0.338 e. The Morgan fingerprint density at radius 1 is 1.14 bits per heavy atom. The molecule has 0 aliphatic carbocycles. The van der Waals surface area contributed by atoms with Crippen LogP contribution in [0.25, 0.3) is 11.4 Å². The van der Waals surface area contributed by atoms with E-state index in [1.54, 1.807) is 18.3 Å². The van der Waals surface area contributed by atoms with Crippen molar-refractivity contribution >= 4 is 21.9 Å². The molecule has 4 rings (SSSR count). The van der Waals surface area contributed by atoms with Gasteiger partial charge in [0.05, 0.1) is 12.1 Å². The maximum absolute atomic E-state index is 12.2. The summed E-state index contributed by atoms with van der Waals surface area (Å²) in [5.41, 5.74) is 2.30. The summed E-state index contributed by atoms with van der Waals surface area (Å²) in [5.74, 6) is 0.224. The van der Waals surface area contributed by atoms with Crippen LogP contribution in [-0.2, 0) is 17.9 Å². The molecule has 8 heteroatoms. The Kier molecular flexibility index (Phi) is 5.29. The monoisotopic (exact) mass is 438 g/mol. The first kappa shape index (κ1) is 18.1. The van der Waals surface area contributed by atoms with Gasteiger partial charge in [-0.1, -0.05) is 45.4 Å². The molecule has 0 fully saturated rings. The Labute approximate surface area is 169 Å². The van der Waals surface area contributed by atoms with Crippen molar-refractivity contribution in [2.45, 2.75) is 13.2 Å². The van der Waals surface area contributed by atoms with Crippen LogP contribution in [0, 0.1) is 0 Å². The number of carbonyl (C=O) groups is 1. The summed E-state index contributed by atoms with van der Waals surface area (Å²) in [5, 5.41) is 8.08. The van der Waals surface area contributed by atoms with Crippen LogP contribution in [0.2, 0.25) is 0 Å². The van der Waals surface area contributed by atoms with Gasteiger partial charge >= 0.3 is 5.97 Å². The zero-order valence-corrected chi connectivity index (χ0v) is 16.2. The second kappa shape index (κ2) is 8.18. The van der Waals surface area contributed by atoms with Crippen molar-refractivity contribution in [3.63, 3.8) is 0 Å². The first-order valence-corrected chi connectivity index (χ1v) is 9.29. The van der Waals surface area contributed by atoms with E-state index in [0.29, 0.717) is 17.9 Å². The SMILES string of the molecule is O=C(OCc1nc(-c2cccc(Br)c2)no1)c1ccc(Cn2cccn2)cc1. The zero-order chi connectivity index (χ0) is 19.3. The Morgan fingerprint density at radius 2 is 2.00 bits per heavy atom. The number of hydrogen-bond acceptors (Lipinski definition) is 6. The fraction of sp³-hybridized carbons (Fsp3) is 0.100. The molecule has 2 heterocycles. The van der Waals surface area contributed by atoms with Crippen molar-refractivity contribution in [2.24, 2.45) is 0 Å². The van der Waals surface area contributed by atoms with Crippen molar-refractivity contribution in [2.75, 3.05) is 0 Å². The van der Waals surface area contributed by atoms with Gasteiger partial charge in [0.2, 0.25) is 5.82 Å². The third-order valence-electron chi connectivity index (χ3n) is 3.97. The predicted octanol–water partition coefficient (Wildman–Crippen LogP) is 4.10. The first-order valence-electron chi connectivity index (χ1n) is 8.49.